The zero-order valence-corrected chi connectivity index (χ0v) is 25.8. The van der Waals surface area contributed by atoms with E-state index in [1.54, 1.807) is 30.0 Å². The fourth-order valence-corrected chi connectivity index (χ4v) is 6.59. The molecule has 0 saturated carbocycles. The molecule has 4 rings (SSSR count). The summed E-state index contributed by atoms with van der Waals surface area (Å²) in [5.74, 6) is 0.0276. The highest BCUT2D eigenvalue weighted by Gasteiger charge is 2.34. The van der Waals surface area contributed by atoms with Gasteiger partial charge in [-0.3, -0.25) is 14.4 Å². The lowest BCUT2D eigenvalue weighted by molar-refractivity contribution is 0.0341. The van der Waals surface area contributed by atoms with E-state index in [4.69, 9.17) is 32.5 Å². The molecule has 3 aromatic rings. The van der Waals surface area contributed by atoms with E-state index in [0.717, 1.165) is 5.56 Å². The Morgan fingerprint density at radius 2 is 1.93 bits per heavy atom. The third kappa shape index (κ3) is 6.98. The van der Waals surface area contributed by atoms with Crippen molar-refractivity contribution in [2.75, 3.05) is 31.5 Å². The van der Waals surface area contributed by atoms with Crippen LogP contribution in [0.1, 0.15) is 41.2 Å². The molecule has 2 heterocycles. The van der Waals surface area contributed by atoms with E-state index in [-0.39, 0.29) is 52.1 Å². The first-order valence-corrected chi connectivity index (χ1v) is 15.3. The molecule has 0 radical (unpaired) electrons. The van der Waals surface area contributed by atoms with Crippen LogP contribution in [0.5, 0.6) is 5.75 Å². The number of carbonyl (C=O) groups excluding carboxylic acids is 1. The summed E-state index contributed by atoms with van der Waals surface area (Å²) in [6.07, 6.45) is -0.326. The van der Waals surface area contributed by atoms with Crippen LogP contribution in [0.2, 0.25) is 10.0 Å². The lowest BCUT2D eigenvalue weighted by Gasteiger charge is -2.38. The molecular formula is C28H34Cl2N4O6S. The van der Waals surface area contributed by atoms with Crippen LogP contribution >= 0.6 is 23.2 Å². The Morgan fingerprint density at radius 1 is 1.20 bits per heavy atom. The summed E-state index contributed by atoms with van der Waals surface area (Å²) in [5.41, 5.74) is 1.58. The second kappa shape index (κ2) is 12.6. The molecule has 2 aromatic carbocycles. The first kappa shape index (κ1) is 31.1. The molecule has 3 atom stereocenters. The number of amides is 1. The average molecular weight is 626 g/mol. The third-order valence-corrected chi connectivity index (χ3v) is 9.45. The van der Waals surface area contributed by atoms with Crippen LogP contribution in [-0.4, -0.2) is 73.3 Å². The number of carbonyl (C=O) groups is 1. The summed E-state index contributed by atoms with van der Waals surface area (Å²) in [4.78, 5) is 17.4. The number of aromatic nitrogens is 1. The van der Waals surface area contributed by atoms with Crippen molar-refractivity contribution in [2.24, 2.45) is 5.92 Å². The van der Waals surface area contributed by atoms with Gasteiger partial charge in [0, 0.05) is 31.2 Å². The van der Waals surface area contributed by atoms with E-state index < -0.39 is 16.1 Å². The summed E-state index contributed by atoms with van der Waals surface area (Å²) in [6.45, 7) is 8.04. The second-order valence-electron chi connectivity index (χ2n) is 10.5. The average Bonchev–Trinajstić information content (AvgIpc) is 3.26. The number of hydrogen-bond donors (Lipinski definition) is 2. The first-order chi connectivity index (χ1) is 19.3. The summed E-state index contributed by atoms with van der Waals surface area (Å²) in [7, 11) is -2.07. The van der Waals surface area contributed by atoms with Crippen molar-refractivity contribution in [3.63, 3.8) is 0 Å². The van der Waals surface area contributed by atoms with Crippen LogP contribution < -0.4 is 9.46 Å². The fourth-order valence-electron chi connectivity index (χ4n) is 4.89. The predicted octanol–water partition coefficient (Wildman–Crippen LogP) is 4.75. The van der Waals surface area contributed by atoms with Crippen molar-refractivity contribution in [1.82, 2.24) is 15.0 Å². The molecule has 0 spiro atoms. The Labute approximate surface area is 250 Å². The van der Waals surface area contributed by atoms with Gasteiger partial charge in [-0.1, -0.05) is 41.3 Å². The number of aryl methyl sites for hydroxylation is 2. The number of benzene rings is 2. The van der Waals surface area contributed by atoms with Crippen LogP contribution in [-0.2, 0) is 16.6 Å². The highest BCUT2D eigenvalue weighted by atomic mass is 35.5. The Hall–Kier alpha value is -2.83. The molecule has 1 amide bonds. The van der Waals surface area contributed by atoms with Gasteiger partial charge >= 0.3 is 0 Å². The minimum absolute atomic E-state index is 0.0544. The molecule has 1 aliphatic heterocycles. The van der Waals surface area contributed by atoms with Crippen LogP contribution in [0, 0.1) is 19.8 Å². The number of anilines is 1. The topological polar surface area (TPSA) is 125 Å². The standard InChI is InChI=1S/C28H34Cl2N4O6S/c1-16-12-34(17(2)15-35)28(36)22-11-21(32-41(37,38)27-18(3)31-40-19(27)4)7-9-25(22)39-26(16)14-33(5)13-20-6-8-23(29)24(30)10-20/h6-11,16-17,26,32,35H,12-15H2,1-5H3/t16-,17+,26+/m0/s1. The largest absolute Gasteiger partial charge is 0.488 e. The van der Waals surface area contributed by atoms with Gasteiger partial charge in [0.1, 0.15) is 17.5 Å². The van der Waals surface area contributed by atoms with E-state index in [1.807, 2.05) is 26.1 Å². The monoisotopic (exact) mass is 624 g/mol. The van der Waals surface area contributed by atoms with Crippen molar-refractivity contribution in [1.29, 1.82) is 0 Å². The number of nitrogens with one attached hydrogen (secondary N) is 1. The van der Waals surface area contributed by atoms with Gasteiger partial charge in [0.15, 0.2) is 10.7 Å². The number of aliphatic hydroxyl groups is 1. The zero-order chi connectivity index (χ0) is 30.1. The van der Waals surface area contributed by atoms with Gasteiger partial charge in [-0.15, -0.1) is 0 Å². The second-order valence-corrected chi connectivity index (χ2v) is 13.0. The predicted molar refractivity (Wildman–Crippen MR) is 157 cm³/mol. The van der Waals surface area contributed by atoms with Crippen molar-refractivity contribution in [3.05, 3.63) is 69.0 Å². The number of hydrogen-bond acceptors (Lipinski definition) is 8. The summed E-state index contributed by atoms with van der Waals surface area (Å²) in [6, 6.07) is 9.62. The molecule has 10 nitrogen and oxygen atoms in total. The number of ether oxygens (including phenoxy) is 1. The summed E-state index contributed by atoms with van der Waals surface area (Å²) < 4.78 is 40.2. The molecule has 222 valence electrons. The number of fused-ring (bicyclic) bond motifs is 1. The van der Waals surface area contributed by atoms with Gasteiger partial charge in [-0.2, -0.15) is 0 Å². The van der Waals surface area contributed by atoms with Crippen LogP contribution in [0.4, 0.5) is 5.69 Å². The number of likely N-dealkylation sites (N-methyl/N-ethyl adjacent to an activating group) is 1. The highest BCUT2D eigenvalue weighted by Crippen LogP contribution is 2.32. The number of aliphatic hydroxyl groups excluding tert-OH is 1. The van der Waals surface area contributed by atoms with Crippen molar-refractivity contribution < 1.29 is 27.6 Å². The zero-order valence-electron chi connectivity index (χ0n) is 23.5. The summed E-state index contributed by atoms with van der Waals surface area (Å²) >= 11 is 12.3. The maximum atomic E-state index is 13.7. The molecule has 0 aliphatic carbocycles. The molecule has 1 aliphatic rings. The fraction of sp³-hybridized carbons (Fsp3) is 0.429. The van der Waals surface area contributed by atoms with Gasteiger partial charge in [0.05, 0.1) is 28.3 Å². The molecular weight excluding hydrogens is 591 g/mol. The number of sulfonamides is 1. The normalized spacial score (nSPS) is 18.5. The lowest BCUT2D eigenvalue weighted by atomic mass is 9.99. The first-order valence-electron chi connectivity index (χ1n) is 13.1. The van der Waals surface area contributed by atoms with E-state index in [9.17, 15) is 18.3 Å². The van der Waals surface area contributed by atoms with Crippen LogP contribution in [0.3, 0.4) is 0 Å². The minimum Gasteiger partial charge on any atom is -0.488 e. The number of rotatable bonds is 9. The number of nitrogens with zero attached hydrogens (tertiary/aromatic N) is 3. The van der Waals surface area contributed by atoms with Crippen LogP contribution in [0.25, 0.3) is 0 Å². The molecule has 0 saturated heterocycles. The van der Waals surface area contributed by atoms with Crippen molar-refractivity contribution >= 4 is 44.8 Å². The molecule has 0 fully saturated rings. The molecule has 2 N–H and O–H groups in total. The smallest absolute Gasteiger partial charge is 0.267 e. The van der Waals surface area contributed by atoms with Gasteiger partial charge < -0.3 is 19.3 Å². The maximum absolute atomic E-state index is 13.7. The van der Waals surface area contributed by atoms with E-state index in [2.05, 4.69) is 14.8 Å². The maximum Gasteiger partial charge on any atom is 0.267 e. The number of halogens is 2. The molecule has 0 bridgehead atoms. The molecule has 41 heavy (non-hydrogen) atoms. The molecule has 1 aromatic heterocycles. The van der Waals surface area contributed by atoms with Gasteiger partial charge in [-0.25, -0.2) is 8.42 Å². The molecule has 13 heteroatoms. The van der Waals surface area contributed by atoms with Gasteiger partial charge in [0.2, 0.25) is 0 Å². The van der Waals surface area contributed by atoms with Crippen LogP contribution in [0.15, 0.2) is 45.8 Å². The Balaban J connectivity index is 1.64. The Kier molecular flexibility index (Phi) is 9.55. The lowest BCUT2D eigenvalue weighted by Crippen LogP contribution is -2.49. The SMILES string of the molecule is Cc1noc(C)c1S(=O)(=O)Nc1ccc2c(c1)C(=O)N([C@H](C)CO)C[C@H](C)[C@@H](CN(C)Cc1ccc(Cl)c(Cl)c1)O2. The van der Waals surface area contributed by atoms with E-state index >= 15 is 0 Å². The quantitative estimate of drug-likeness (QED) is 0.349. The summed E-state index contributed by atoms with van der Waals surface area (Å²) in [5, 5.41) is 14.6. The van der Waals surface area contributed by atoms with E-state index in [1.165, 1.54) is 19.9 Å². The minimum atomic E-state index is -4.03. The third-order valence-electron chi connectivity index (χ3n) is 7.08. The Bertz CT molecular complexity index is 1510. The van der Waals surface area contributed by atoms with Gasteiger partial charge in [-0.05, 0) is 63.7 Å². The van der Waals surface area contributed by atoms with E-state index in [0.29, 0.717) is 35.4 Å². The van der Waals surface area contributed by atoms with Crippen molar-refractivity contribution in [2.45, 2.75) is 51.3 Å². The Morgan fingerprint density at radius 3 is 2.56 bits per heavy atom. The van der Waals surface area contributed by atoms with Gasteiger partial charge in [0.25, 0.3) is 15.9 Å². The highest BCUT2D eigenvalue weighted by molar-refractivity contribution is 7.92. The molecule has 0 unspecified atom stereocenters. The van der Waals surface area contributed by atoms with Crippen molar-refractivity contribution in [3.8, 4) is 5.75 Å².